The second-order valence-electron chi connectivity index (χ2n) is 6.38. The zero-order valence-corrected chi connectivity index (χ0v) is 13.2. The van der Waals surface area contributed by atoms with E-state index in [0.29, 0.717) is 18.4 Å². The molecule has 2 aliphatic rings. The lowest BCUT2D eigenvalue weighted by Gasteiger charge is -2.19. The number of carbonyl (C=O) groups excluding carboxylic acids is 3. The lowest BCUT2D eigenvalue weighted by molar-refractivity contribution is -0.130. The van der Waals surface area contributed by atoms with Gasteiger partial charge in [0.15, 0.2) is 5.78 Å². The molecule has 0 atom stereocenters. The molecular formula is C16H21N3O3. The van der Waals surface area contributed by atoms with Crippen molar-refractivity contribution in [3.63, 3.8) is 0 Å². The summed E-state index contributed by atoms with van der Waals surface area (Å²) in [5.74, 6) is -0.437. The van der Waals surface area contributed by atoms with Crippen LogP contribution in [-0.4, -0.2) is 39.3 Å². The second-order valence-corrected chi connectivity index (χ2v) is 6.38. The van der Waals surface area contributed by atoms with Gasteiger partial charge in [-0.2, -0.15) is 0 Å². The van der Waals surface area contributed by atoms with Crippen LogP contribution in [0.5, 0.6) is 0 Å². The van der Waals surface area contributed by atoms with Gasteiger partial charge in [0, 0.05) is 24.0 Å². The van der Waals surface area contributed by atoms with Crippen LogP contribution in [0.1, 0.15) is 47.4 Å². The number of Topliss-reactive ketones (excluding diaryl/α,β-unsaturated/α-hetero) is 1. The molecule has 118 valence electrons. The molecule has 1 aromatic heterocycles. The molecule has 22 heavy (non-hydrogen) atoms. The van der Waals surface area contributed by atoms with Crippen molar-refractivity contribution in [2.45, 2.75) is 45.1 Å². The van der Waals surface area contributed by atoms with Gasteiger partial charge in [-0.15, -0.1) is 0 Å². The highest BCUT2D eigenvalue weighted by Gasteiger charge is 2.52. The standard InChI is InChI=1S/C16H21N3O3/c1-10-8-12(11(2)18(10)3)13(20)9-19-14(21)16(17-15(19)22)6-4-5-7-16/h8H,4-7,9H2,1-3H3,(H,17,22). The molecule has 1 aliphatic carbocycles. The van der Waals surface area contributed by atoms with Gasteiger partial charge in [0.2, 0.25) is 0 Å². The van der Waals surface area contributed by atoms with E-state index in [0.717, 1.165) is 29.1 Å². The molecule has 0 unspecified atom stereocenters. The number of aryl methyl sites for hydroxylation is 1. The summed E-state index contributed by atoms with van der Waals surface area (Å²) >= 11 is 0. The van der Waals surface area contributed by atoms with Crippen molar-refractivity contribution in [3.8, 4) is 0 Å². The number of amides is 3. The van der Waals surface area contributed by atoms with Crippen molar-refractivity contribution in [1.29, 1.82) is 0 Å². The fourth-order valence-corrected chi connectivity index (χ4v) is 3.50. The predicted molar refractivity (Wildman–Crippen MR) is 80.7 cm³/mol. The van der Waals surface area contributed by atoms with Crippen LogP contribution in [0.15, 0.2) is 6.07 Å². The summed E-state index contributed by atoms with van der Waals surface area (Å²) in [6.45, 7) is 3.60. The maximum absolute atomic E-state index is 12.5. The highest BCUT2D eigenvalue weighted by atomic mass is 16.2. The maximum Gasteiger partial charge on any atom is 0.325 e. The summed E-state index contributed by atoms with van der Waals surface area (Å²) in [6, 6.07) is 1.37. The van der Waals surface area contributed by atoms with E-state index in [-0.39, 0.29) is 18.2 Å². The normalized spacial score (nSPS) is 20.0. The first kappa shape index (κ1) is 14.8. The number of ketones is 1. The average molecular weight is 303 g/mol. The van der Waals surface area contributed by atoms with Gasteiger partial charge in [0.25, 0.3) is 5.91 Å². The van der Waals surface area contributed by atoms with Gasteiger partial charge >= 0.3 is 6.03 Å². The number of hydrogen-bond acceptors (Lipinski definition) is 3. The maximum atomic E-state index is 12.5. The third-order valence-corrected chi connectivity index (χ3v) is 5.08. The average Bonchev–Trinajstić information content (AvgIpc) is 3.11. The molecule has 2 heterocycles. The van der Waals surface area contributed by atoms with Crippen molar-refractivity contribution < 1.29 is 14.4 Å². The molecule has 0 aromatic carbocycles. The number of carbonyl (C=O) groups is 3. The predicted octanol–water partition coefficient (Wildman–Crippen LogP) is 1.69. The van der Waals surface area contributed by atoms with E-state index in [4.69, 9.17) is 0 Å². The van der Waals surface area contributed by atoms with Gasteiger partial charge in [-0.05, 0) is 32.8 Å². The number of aromatic nitrogens is 1. The molecule has 6 nitrogen and oxygen atoms in total. The van der Waals surface area contributed by atoms with Crippen LogP contribution >= 0.6 is 0 Å². The topological polar surface area (TPSA) is 71.4 Å². The summed E-state index contributed by atoms with van der Waals surface area (Å²) < 4.78 is 1.93. The Morgan fingerprint density at radius 1 is 1.27 bits per heavy atom. The van der Waals surface area contributed by atoms with Crippen molar-refractivity contribution >= 4 is 17.7 Å². The van der Waals surface area contributed by atoms with E-state index in [2.05, 4.69) is 5.32 Å². The van der Waals surface area contributed by atoms with Crippen molar-refractivity contribution in [1.82, 2.24) is 14.8 Å². The van der Waals surface area contributed by atoms with Gasteiger partial charge in [-0.25, -0.2) is 4.79 Å². The fourth-order valence-electron chi connectivity index (χ4n) is 3.50. The molecule has 1 N–H and O–H groups in total. The number of nitrogens with one attached hydrogen (secondary N) is 1. The third-order valence-electron chi connectivity index (χ3n) is 5.08. The third kappa shape index (κ3) is 2.05. The Morgan fingerprint density at radius 2 is 1.91 bits per heavy atom. The lowest BCUT2D eigenvalue weighted by atomic mass is 9.98. The molecule has 1 spiro atoms. The zero-order valence-electron chi connectivity index (χ0n) is 13.2. The minimum Gasteiger partial charge on any atom is -0.351 e. The minimum atomic E-state index is -0.751. The second kappa shape index (κ2) is 4.97. The fraction of sp³-hybridized carbons (Fsp3) is 0.562. The van der Waals surface area contributed by atoms with Crippen LogP contribution in [-0.2, 0) is 11.8 Å². The summed E-state index contributed by atoms with van der Waals surface area (Å²) in [7, 11) is 1.89. The molecule has 1 saturated heterocycles. The number of urea groups is 1. The molecule has 3 rings (SSSR count). The first-order valence-corrected chi connectivity index (χ1v) is 7.66. The molecule has 0 bridgehead atoms. The lowest BCUT2D eigenvalue weighted by Crippen LogP contribution is -2.44. The Kier molecular flexibility index (Phi) is 3.34. The number of nitrogens with zero attached hydrogens (tertiary/aromatic N) is 2. The van der Waals surface area contributed by atoms with Gasteiger partial charge in [-0.3, -0.25) is 14.5 Å². The molecule has 0 radical (unpaired) electrons. The summed E-state index contributed by atoms with van der Waals surface area (Å²) in [5.41, 5.74) is 1.65. The van der Waals surface area contributed by atoms with Crippen molar-refractivity contribution in [2.75, 3.05) is 6.54 Å². The molecule has 1 aromatic rings. The first-order chi connectivity index (χ1) is 10.4. The number of imide groups is 1. The summed E-state index contributed by atoms with van der Waals surface area (Å²) in [6.07, 6.45) is 3.22. The van der Waals surface area contributed by atoms with E-state index >= 15 is 0 Å². The zero-order chi connectivity index (χ0) is 16.1. The highest BCUT2D eigenvalue weighted by molar-refractivity contribution is 6.11. The van der Waals surface area contributed by atoms with Crippen LogP contribution in [0, 0.1) is 13.8 Å². The first-order valence-electron chi connectivity index (χ1n) is 7.66. The Bertz CT molecular complexity index is 668. The van der Waals surface area contributed by atoms with Gasteiger partial charge in [-0.1, -0.05) is 12.8 Å². The largest absolute Gasteiger partial charge is 0.351 e. The van der Waals surface area contributed by atoms with Gasteiger partial charge < -0.3 is 9.88 Å². The Morgan fingerprint density at radius 3 is 2.45 bits per heavy atom. The van der Waals surface area contributed by atoms with E-state index in [1.165, 1.54) is 0 Å². The number of hydrogen-bond donors (Lipinski definition) is 1. The van der Waals surface area contributed by atoms with Crippen LogP contribution in [0.4, 0.5) is 4.79 Å². The van der Waals surface area contributed by atoms with Crippen LogP contribution in [0.2, 0.25) is 0 Å². The molecule has 6 heteroatoms. The monoisotopic (exact) mass is 303 g/mol. The smallest absolute Gasteiger partial charge is 0.325 e. The van der Waals surface area contributed by atoms with Crippen LogP contribution in [0.25, 0.3) is 0 Å². The van der Waals surface area contributed by atoms with E-state index in [1.54, 1.807) is 0 Å². The van der Waals surface area contributed by atoms with E-state index in [1.807, 2.05) is 31.5 Å². The summed E-state index contributed by atoms with van der Waals surface area (Å²) in [4.78, 5) is 38.2. The molecule has 1 saturated carbocycles. The molecule has 3 amide bonds. The summed E-state index contributed by atoms with van der Waals surface area (Å²) in [5, 5.41) is 2.80. The van der Waals surface area contributed by atoms with Gasteiger partial charge in [0.05, 0.1) is 6.54 Å². The van der Waals surface area contributed by atoms with Crippen molar-refractivity contribution in [3.05, 3.63) is 23.0 Å². The SMILES string of the molecule is Cc1cc(C(=O)CN2C(=O)NC3(CCCC3)C2=O)c(C)n1C. The van der Waals surface area contributed by atoms with Gasteiger partial charge in [0.1, 0.15) is 5.54 Å². The van der Waals surface area contributed by atoms with Crippen molar-refractivity contribution in [2.24, 2.45) is 7.05 Å². The molecule has 2 fully saturated rings. The number of rotatable bonds is 3. The Balaban J connectivity index is 1.81. The molecule has 1 aliphatic heterocycles. The highest BCUT2D eigenvalue weighted by Crippen LogP contribution is 2.35. The van der Waals surface area contributed by atoms with Crippen LogP contribution in [0.3, 0.4) is 0 Å². The Labute approximate surface area is 129 Å². The quantitative estimate of drug-likeness (QED) is 0.682. The van der Waals surface area contributed by atoms with E-state index < -0.39 is 11.6 Å². The van der Waals surface area contributed by atoms with E-state index in [9.17, 15) is 14.4 Å². The minimum absolute atomic E-state index is 0.184. The molecular weight excluding hydrogens is 282 g/mol. The Hall–Kier alpha value is -2.11. The van der Waals surface area contributed by atoms with Crippen LogP contribution < -0.4 is 5.32 Å².